The summed E-state index contributed by atoms with van der Waals surface area (Å²) in [5.74, 6) is 0.398. The average molecular weight is 444 g/mol. The van der Waals surface area contributed by atoms with Crippen molar-refractivity contribution in [2.24, 2.45) is 5.41 Å². The van der Waals surface area contributed by atoms with Gasteiger partial charge in [0.2, 0.25) is 5.91 Å². The Hall–Kier alpha value is -2.71. The number of aromatic nitrogens is 1. The third-order valence-corrected chi connectivity index (χ3v) is 6.31. The first kappa shape index (κ1) is 22.0. The predicted octanol–water partition coefficient (Wildman–Crippen LogP) is 5.73. The van der Waals surface area contributed by atoms with Crippen LogP contribution in [-0.4, -0.2) is 23.9 Å². The highest BCUT2D eigenvalue weighted by atomic mass is 32.1. The monoisotopic (exact) mass is 443 g/mol. The van der Waals surface area contributed by atoms with Crippen LogP contribution < -0.4 is 15.4 Å². The molecule has 1 aromatic carbocycles. The number of amides is 2. The Labute approximate surface area is 184 Å². The quantitative estimate of drug-likeness (QED) is 0.527. The number of ether oxygens (including phenoxy) is 1. The van der Waals surface area contributed by atoms with Gasteiger partial charge in [0.05, 0.1) is 22.7 Å². The van der Waals surface area contributed by atoms with Gasteiger partial charge in [0.15, 0.2) is 5.13 Å². The smallest absolute Gasteiger partial charge is 0.267 e. The first-order valence-corrected chi connectivity index (χ1v) is 11.1. The molecule has 0 atom stereocenters. The molecule has 0 saturated heterocycles. The Morgan fingerprint density at radius 2 is 1.83 bits per heavy atom. The van der Waals surface area contributed by atoms with Crippen LogP contribution in [0.25, 0.3) is 11.3 Å². The number of methoxy groups -OCH3 is 1. The Morgan fingerprint density at radius 1 is 1.10 bits per heavy atom. The largest absolute Gasteiger partial charge is 0.496 e. The molecule has 3 aromatic rings. The van der Waals surface area contributed by atoms with E-state index in [0.717, 1.165) is 28.1 Å². The summed E-state index contributed by atoms with van der Waals surface area (Å²) in [5.41, 5.74) is 3.03. The SMILES string of the molecule is COc1ccc(C)cc1-c1csc(NC(=O)c2sc(NC(=O)C(C)(C)C)cc2C)n1. The van der Waals surface area contributed by atoms with Crippen LogP contribution in [0.15, 0.2) is 29.6 Å². The van der Waals surface area contributed by atoms with Crippen molar-refractivity contribution in [3.05, 3.63) is 45.6 Å². The Bertz CT molecular complexity index is 1090. The maximum atomic E-state index is 12.8. The van der Waals surface area contributed by atoms with Crippen molar-refractivity contribution in [3.8, 4) is 17.0 Å². The van der Waals surface area contributed by atoms with Crippen molar-refractivity contribution in [3.63, 3.8) is 0 Å². The third kappa shape index (κ3) is 4.88. The fourth-order valence-electron chi connectivity index (χ4n) is 2.70. The highest BCUT2D eigenvalue weighted by molar-refractivity contribution is 7.18. The molecule has 158 valence electrons. The molecule has 2 amide bonds. The van der Waals surface area contributed by atoms with E-state index >= 15 is 0 Å². The normalized spacial score (nSPS) is 11.3. The molecule has 2 heterocycles. The molecule has 0 spiro atoms. The second-order valence-corrected chi connectivity index (χ2v) is 9.93. The number of carbonyl (C=O) groups excluding carboxylic acids is 2. The van der Waals surface area contributed by atoms with E-state index < -0.39 is 5.41 Å². The van der Waals surface area contributed by atoms with Crippen LogP contribution in [0, 0.1) is 19.3 Å². The minimum Gasteiger partial charge on any atom is -0.496 e. The molecule has 6 nitrogen and oxygen atoms in total. The van der Waals surface area contributed by atoms with Crippen molar-refractivity contribution in [1.29, 1.82) is 0 Å². The molecule has 0 bridgehead atoms. The van der Waals surface area contributed by atoms with Crippen molar-refractivity contribution < 1.29 is 14.3 Å². The molecule has 0 aliphatic heterocycles. The van der Waals surface area contributed by atoms with Gasteiger partial charge in [-0.3, -0.25) is 14.9 Å². The first-order chi connectivity index (χ1) is 14.1. The molecule has 0 saturated carbocycles. The molecule has 2 aromatic heterocycles. The molecule has 0 unspecified atom stereocenters. The number of thiophene rings is 1. The maximum Gasteiger partial charge on any atom is 0.267 e. The van der Waals surface area contributed by atoms with Gasteiger partial charge in [-0.05, 0) is 37.6 Å². The number of nitrogens with one attached hydrogen (secondary N) is 2. The molecule has 2 N–H and O–H groups in total. The summed E-state index contributed by atoms with van der Waals surface area (Å²) in [6.07, 6.45) is 0. The summed E-state index contributed by atoms with van der Waals surface area (Å²) < 4.78 is 5.43. The zero-order valence-corrected chi connectivity index (χ0v) is 19.5. The highest BCUT2D eigenvalue weighted by Gasteiger charge is 2.23. The highest BCUT2D eigenvalue weighted by Crippen LogP contribution is 2.34. The van der Waals surface area contributed by atoms with Crippen molar-refractivity contribution in [1.82, 2.24) is 4.98 Å². The van der Waals surface area contributed by atoms with Gasteiger partial charge in [-0.1, -0.05) is 32.4 Å². The number of benzene rings is 1. The minimum atomic E-state index is -0.506. The summed E-state index contributed by atoms with van der Waals surface area (Å²) in [6.45, 7) is 9.40. The topological polar surface area (TPSA) is 80.3 Å². The fraction of sp³-hybridized carbons (Fsp3) is 0.318. The van der Waals surface area contributed by atoms with Gasteiger partial charge in [-0.15, -0.1) is 22.7 Å². The molecule has 3 rings (SSSR count). The number of carbonyl (C=O) groups is 2. The van der Waals surface area contributed by atoms with Gasteiger partial charge in [-0.25, -0.2) is 4.98 Å². The van der Waals surface area contributed by atoms with Gasteiger partial charge in [0, 0.05) is 16.4 Å². The van der Waals surface area contributed by atoms with Gasteiger partial charge < -0.3 is 10.1 Å². The van der Waals surface area contributed by atoms with Crippen molar-refractivity contribution in [2.75, 3.05) is 17.7 Å². The molecule has 8 heteroatoms. The van der Waals surface area contributed by atoms with Crippen molar-refractivity contribution >= 4 is 44.6 Å². The maximum absolute atomic E-state index is 12.8. The standard InChI is InChI=1S/C22H25N3O3S2/c1-12-7-8-16(28-6)14(9-12)15-11-29-21(23-15)25-19(26)18-13(2)10-17(30-18)24-20(27)22(3,4)5/h7-11H,1-6H3,(H,24,27)(H,23,25,26). The third-order valence-electron chi connectivity index (χ3n) is 4.40. The lowest BCUT2D eigenvalue weighted by molar-refractivity contribution is -0.123. The van der Waals surface area contributed by atoms with Crippen LogP contribution in [-0.2, 0) is 4.79 Å². The number of nitrogens with zero attached hydrogens (tertiary/aromatic N) is 1. The second-order valence-electron chi connectivity index (χ2n) is 8.02. The van der Waals surface area contributed by atoms with Crippen LogP contribution in [0.3, 0.4) is 0 Å². The second kappa shape index (κ2) is 8.57. The van der Waals surface area contributed by atoms with E-state index in [4.69, 9.17) is 4.74 Å². The molecule has 0 fully saturated rings. The number of aryl methyl sites for hydroxylation is 2. The lowest BCUT2D eigenvalue weighted by Crippen LogP contribution is -2.27. The Kier molecular flexibility index (Phi) is 6.28. The number of hydrogen-bond donors (Lipinski definition) is 2. The number of rotatable bonds is 5. The molecular weight excluding hydrogens is 418 g/mol. The number of hydrogen-bond acceptors (Lipinski definition) is 6. The van der Waals surface area contributed by atoms with Gasteiger partial charge in [0.1, 0.15) is 5.75 Å². The van der Waals surface area contributed by atoms with Crippen LogP contribution in [0.4, 0.5) is 10.1 Å². The van der Waals surface area contributed by atoms with Crippen molar-refractivity contribution in [2.45, 2.75) is 34.6 Å². The van der Waals surface area contributed by atoms with E-state index in [0.29, 0.717) is 15.0 Å². The van der Waals surface area contributed by atoms with E-state index in [-0.39, 0.29) is 11.8 Å². The lowest BCUT2D eigenvalue weighted by Gasteiger charge is -2.16. The summed E-state index contributed by atoms with van der Waals surface area (Å²) in [7, 11) is 1.62. The molecule has 0 aliphatic carbocycles. The Balaban J connectivity index is 1.77. The van der Waals surface area contributed by atoms with Crippen LogP contribution >= 0.6 is 22.7 Å². The van der Waals surface area contributed by atoms with Gasteiger partial charge >= 0.3 is 0 Å². The van der Waals surface area contributed by atoms with Crippen LogP contribution in [0.5, 0.6) is 5.75 Å². The molecule has 0 radical (unpaired) electrons. The average Bonchev–Trinajstić information content (AvgIpc) is 3.27. The zero-order valence-electron chi connectivity index (χ0n) is 17.9. The minimum absolute atomic E-state index is 0.0904. The van der Waals surface area contributed by atoms with E-state index in [1.54, 1.807) is 7.11 Å². The molecular formula is C22H25N3O3S2. The molecule has 30 heavy (non-hydrogen) atoms. The summed E-state index contributed by atoms with van der Waals surface area (Å²) >= 11 is 2.61. The predicted molar refractivity (Wildman–Crippen MR) is 124 cm³/mol. The Morgan fingerprint density at radius 3 is 2.50 bits per heavy atom. The van der Waals surface area contributed by atoms with E-state index in [1.807, 2.05) is 64.3 Å². The summed E-state index contributed by atoms with van der Waals surface area (Å²) in [4.78, 5) is 30.1. The fourth-order valence-corrected chi connectivity index (χ4v) is 4.37. The van der Waals surface area contributed by atoms with E-state index in [1.165, 1.54) is 22.7 Å². The van der Waals surface area contributed by atoms with E-state index in [9.17, 15) is 9.59 Å². The first-order valence-electron chi connectivity index (χ1n) is 9.42. The lowest BCUT2D eigenvalue weighted by atomic mass is 9.96. The van der Waals surface area contributed by atoms with Gasteiger partial charge in [0.25, 0.3) is 5.91 Å². The van der Waals surface area contributed by atoms with Crippen LogP contribution in [0.2, 0.25) is 0 Å². The zero-order chi connectivity index (χ0) is 22.1. The number of anilines is 2. The van der Waals surface area contributed by atoms with Gasteiger partial charge in [-0.2, -0.15) is 0 Å². The number of thiazole rings is 1. The summed E-state index contributed by atoms with van der Waals surface area (Å²) in [6, 6.07) is 7.71. The van der Waals surface area contributed by atoms with Crippen LogP contribution in [0.1, 0.15) is 41.6 Å². The molecule has 0 aliphatic rings. The summed E-state index contributed by atoms with van der Waals surface area (Å²) in [5, 5.41) is 8.79. The van der Waals surface area contributed by atoms with E-state index in [2.05, 4.69) is 15.6 Å².